The Morgan fingerprint density at radius 3 is 2.00 bits per heavy atom. The van der Waals surface area contributed by atoms with Crippen LogP contribution in [0.25, 0.3) is 0 Å². The highest BCUT2D eigenvalue weighted by Crippen LogP contribution is 2.38. The second-order valence-corrected chi connectivity index (χ2v) is 11.0. The molecule has 1 aromatic rings. The highest BCUT2D eigenvalue weighted by atomic mass is 16.5. The molecule has 0 radical (unpaired) electrons. The van der Waals surface area contributed by atoms with Gasteiger partial charge in [-0.25, -0.2) is 4.98 Å². The van der Waals surface area contributed by atoms with Crippen LogP contribution in [0.4, 0.5) is 0 Å². The van der Waals surface area contributed by atoms with Crippen molar-refractivity contribution in [3.63, 3.8) is 0 Å². The Bertz CT molecular complexity index is 673. The highest BCUT2D eigenvalue weighted by molar-refractivity contribution is 5.75. The summed E-state index contributed by atoms with van der Waals surface area (Å²) in [5.41, 5.74) is 0. The number of rotatable bonds is 14. The molecule has 4 nitrogen and oxygen atoms in total. The van der Waals surface area contributed by atoms with Gasteiger partial charge in [-0.2, -0.15) is 0 Å². The lowest BCUT2D eigenvalue weighted by molar-refractivity contribution is -0.140. The van der Waals surface area contributed by atoms with Crippen molar-refractivity contribution in [3.05, 3.63) is 18.3 Å². The van der Waals surface area contributed by atoms with Gasteiger partial charge in [-0.05, 0) is 55.9 Å². The minimum absolute atomic E-state index is 0.0416. The molecule has 0 spiro atoms. The molecule has 0 bridgehead atoms. The first kappa shape index (κ1) is 27.0. The molecule has 0 aliphatic heterocycles. The predicted molar refractivity (Wildman–Crippen MR) is 139 cm³/mol. The van der Waals surface area contributed by atoms with Crippen LogP contribution >= 0.6 is 0 Å². The van der Waals surface area contributed by atoms with E-state index in [0.29, 0.717) is 18.2 Å². The number of nitrogens with zero attached hydrogens (tertiary/aromatic N) is 1. The molecule has 2 saturated carbocycles. The zero-order valence-electron chi connectivity index (χ0n) is 21.9. The lowest BCUT2D eigenvalue weighted by atomic mass is 9.75. The van der Waals surface area contributed by atoms with E-state index in [2.05, 4.69) is 18.8 Å². The van der Waals surface area contributed by atoms with Gasteiger partial charge in [0.2, 0.25) is 5.88 Å². The van der Waals surface area contributed by atoms with Crippen LogP contribution in [-0.4, -0.2) is 17.6 Å². The number of ether oxygens (including phenoxy) is 2. The van der Waals surface area contributed by atoms with Crippen LogP contribution in [0, 0.1) is 23.7 Å². The number of pyridine rings is 1. The van der Waals surface area contributed by atoms with E-state index in [-0.39, 0.29) is 11.9 Å². The Hall–Kier alpha value is -1.58. The van der Waals surface area contributed by atoms with Gasteiger partial charge in [-0.3, -0.25) is 4.79 Å². The van der Waals surface area contributed by atoms with Crippen molar-refractivity contribution in [1.29, 1.82) is 0 Å². The molecule has 3 rings (SSSR count). The van der Waals surface area contributed by atoms with E-state index in [1.807, 2.05) is 0 Å². The normalized spacial score (nSPS) is 25.1. The largest absolute Gasteiger partial charge is 0.478 e. The second kappa shape index (κ2) is 15.4. The number of hydrogen-bond donors (Lipinski definition) is 0. The number of unbranched alkanes of at least 4 members (excludes halogenated alkanes) is 4. The lowest BCUT2D eigenvalue weighted by Gasteiger charge is -2.31. The third kappa shape index (κ3) is 9.58. The van der Waals surface area contributed by atoms with E-state index in [4.69, 9.17) is 9.47 Å². The maximum absolute atomic E-state index is 12.6. The van der Waals surface area contributed by atoms with Crippen LogP contribution < -0.4 is 9.47 Å². The van der Waals surface area contributed by atoms with Gasteiger partial charge in [0, 0.05) is 6.07 Å². The van der Waals surface area contributed by atoms with Gasteiger partial charge in [-0.15, -0.1) is 0 Å². The van der Waals surface area contributed by atoms with E-state index >= 15 is 0 Å². The number of carbonyl (C=O) groups excluding carboxylic acids is 1. The molecule has 0 amide bonds. The van der Waals surface area contributed by atoms with Crippen molar-refractivity contribution in [2.45, 2.75) is 123 Å². The summed E-state index contributed by atoms with van der Waals surface area (Å²) in [6.07, 6.45) is 23.7. The number of esters is 1. The first-order valence-electron chi connectivity index (χ1n) is 14.5. The van der Waals surface area contributed by atoms with Crippen molar-refractivity contribution >= 4 is 5.97 Å². The van der Waals surface area contributed by atoms with Crippen molar-refractivity contribution in [2.75, 3.05) is 6.61 Å². The molecule has 1 aromatic heterocycles. The average molecular weight is 472 g/mol. The third-order valence-corrected chi connectivity index (χ3v) is 8.27. The molecule has 2 fully saturated rings. The summed E-state index contributed by atoms with van der Waals surface area (Å²) in [4.78, 5) is 16.9. The Balaban J connectivity index is 1.27. The summed E-state index contributed by atoms with van der Waals surface area (Å²) in [7, 11) is 0. The van der Waals surface area contributed by atoms with E-state index in [1.54, 1.807) is 18.3 Å². The minimum Gasteiger partial charge on any atom is -0.478 e. The molecule has 192 valence electrons. The fraction of sp³-hybridized carbons (Fsp3) is 0.800. The lowest BCUT2D eigenvalue weighted by Crippen LogP contribution is -2.26. The van der Waals surface area contributed by atoms with Crippen molar-refractivity contribution in [3.8, 4) is 11.6 Å². The molecule has 4 heteroatoms. The van der Waals surface area contributed by atoms with E-state index in [1.165, 1.54) is 83.5 Å². The molecule has 0 saturated heterocycles. The molecule has 0 unspecified atom stereocenters. The van der Waals surface area contributed by atoms with Crippen LogP contribution in [0.3, 0.4) is 0 Å². The van der Waals surface area contributed by atoms with Crippen LogP contribution in [-0.2, 0) is 4.79 Å². The predicted octanol–water partition coefficient (Wildman–Crippen LogP) is 8.53. The van der Waals surface area contributed by atoms with Gasteiger partial charge in [-0.1, -0.05) is 90.9 Å². The van der Waals surface area contributed by atoms with Crippen molar-refractivity contribution in [2.24, 2.45) is 23.7 Å². The fourth-order valence-electron chi connectivity index (χ4n) is 5.86. The average Bonchev–Trinajstić information content (AvgIpc) is 2.87. The Morgan fingerprint density at radius 1 is 0.794 bits per heavy atom. The smallest absolute Gasteiger partial charge is 0.314 e. The number of carbonyl (C=O) groups is 1. The fourth-order valence-corrected chi connectivity index (χ4v) is 5.86. The van der Waals surface area contributed by atoms with Gasteiger partial charge in [0.25, 0.3) is 0 Å². The van der Waals surface area contributed by atoms with Crippen LogP contribution in [0.1, 0.15) is 123 Å². The topological polar surface area (TPSA) is 48.4 Å². The van der Waals surface area contributed by atoms with Crippen LogP contribution in [0.2, 0.25) is 0 Å². The first-order chi connectivity index (χ1) is 16.7. The van der Waals surface area contributed by atoms with E-state index < -0.39 is 0 Å². The van der Waals surface area contributed by atoms with E-state index in [9.17, 15) is 4.79 Å². The first-order valence-corrected chi connectivity index (χ1v) is 14.5. The van der Waals surface area contributed by atoms with Gasteiger partial charge < -0.3 is 9.47 Å². The standard InChI is InChI=1S/C30H49NO3/c1-3-5-7-8-9-24-10-12-25(13-11-24)14-15-26-16-18-27(19-17-26)30(32)34-28-20-21-29(31-23-28)33-22-6-4-2/h20-21,23-27H,3-19,22H2,1-2H3. The maximum Gasteiger partial charge on any atom is 0.314 e. The quantitative estimate of drug-likeness (QED) is 0.201. The highest BCUT2D eigenvalue weighted by Gasteiger charge is 2.29. The molecular weight excluding hydrogens is 422 g/mol. The van der Waals surface area contributed by atoms with Crippen molar-refractivity contribution in [1.82, 2.24) is 4.98 Å². The summed E-state index contributed by atoms with van der Waals surface area (Å²) in [6, 6.07) is 3.58. The Morgan fingerprint density at radius 2 is 1.41 bits per heavy atom. The molecule has 0 atom stereocenters. The maximum atomic E-state index is 12.6. The molecule has 0 aromatic carbocycles. The van der Waals surface area contributed by atoms with Crippen molar-refractivity contribution < 1.29 is 14.3 Å². The molecule has 2 aliphatic carbocycles. The molecule has 0 N–H and O–H groups in total. The van der Waals surface area contributed by atoms with E-state index in [0.717, 1.165) is 43.4 Å². The van der Waals surface area contributed by atoms with Gasteiger partial charge >= 0.3 is 5.97 Å². The molecular formula is C30H49NO3. The van der Waals surface area contributed by atoms with Gasteiger partial charge in [0.1, 0.15) is 5.75 Å². The number of hydrogen-bond acceptors (Lipinski definition) is 4. The minimum atomic E-state index is -0.0860. The zero-order chi connectivity index (χ0) is 24.0. The SMILES string of the molecule is CCCCCCC1CCC(CCC2CCC(C(=O)Oc3ccc(OCCCC)nc3)CC2)CC1. The van der Waals surface area contributed by atoms with Gasteiger partial charge in [0.05, 0.1) is 18.7 Å². The van der Waals surface area contributed by atoms with Crippen LogP contribution in [0.5, 0.6) is 11.6 Å². The number of aromatic nitrogens is 1. The Labute approximate surface area is 208 Å². The molecule has 2 aliphatic rings. The third-order valence-electron chi connectivity index (χ3n) is 8.27. The second-order valence-electron chi connectivity index (χ2n) is 11.0. The summed E-state index contributed by atoms with van der Waals surface area (Å²) in [5.74, 6) is 3.84. The van der Waals surface area contributed by atoms with Gasteiger partial charge in [0.15, 0.2) is 0 Å². The monoisotopic (exact) mass is 471 g/mol. The summed E-state index contributed by atoms with van der Waals surface area (Å²) >= 11 is 0. The molecule has 34 heavy (non-hydrogen) atoms. The zero-order valence-corrected chi connectivity index (χ0v) is 21.9. The summed E-state index contributed by atoms with van der Waals surface area (Å²) < 4.78 is 11.2. The summed E-state index contributed by atoms with van der Waals surface area (Å²) in [5, 5.41) is 0. The Kier molecular flexibility index (Phi) is 12.3. The summed E-state index contributed by atoms with van der Waals surface area (Å²) in [6.45, 7) is 5.10. The molecule has 1 heterocycles. The van der Waals surface area contributed by atoms with Crippen LogP contribution in [0.15, 0.2) is 18.3 Å².